The summed E-state index contributed by atoms with van der Waals surface area (Å²) in [4.78, 5) is 45.8. The summed E-state index contributed by atoms with van der Waals surface area (Å²) in [6.07, 6.45) is -2.73. The maximum Gasteiger partial charge on any atom is 0.490 e. The molecular formula is C31H26F4N4O6. The molecule has 0 spiro atoms. The van der Waals surface area contributed by atoms with E-state index in [1.54, 1.807) is 55.6 Å². The Bertz CT molecular complexity index is 1750. The summed E-state index contributed by atoms with van der Waals surface area (Å²) in [5.41, 5.74) is 6.41. The molecule has 1 amide bonds. The zero-order valence-electron chi connectivity index (χ0n) is 23.9. The van der Waals surface area contributed by atoms with Crippen LogP contribution in [0.3, 0.4) is 0 Å². The number of oxime groups is 1. The molecule has 0 unspecified atom stereocenters. The third-order valence-corrected chi connectivity index (χ3v) is 6.59. The fraction of sp³-hybridized carbons (Fsp3) is 0.194. The number of alkyl halides is 3. The van der Waals surface area contributed by atoms with Gasteiger partial charge in [0.05, 0.1) is 29.6 Å². The van der Waals surface area contributed by atoms with E-state index in [1.807, 2.05) is 12.1 Å². The van der Waals surface area contributed by atoms with Crippen molar-refractivity contribution in [2.75, 3.05) is 13.7 Å². The summed E-state index contributed by atoms with van der Waals surface area (Å²) >= 11 is 0. The number of rotatable bonds is 7. The predicted octanol–water partition coefficient (Wildman–Crippen LogP) is 5.53. The van der Waals surface area contributed by atoms with Crippen molar-refractivity contribution in [3.05, 3.63) is 101 Å². The molecule has 3 heterocycles. The summed E-state index contributed by atoms with van der Waals surface area (Å²) < 4.78 is 51.3. The summed E-state index contributed by atoms with van der Waals surface area (Å²) in [5.74, 6) is -3.68. The van der Waals surface area contributed by atoms with Crippen LogP contribution in [0, 0.1) is 5.82 Å². The molecular weight excluding hydrogens is 600 g/mol. The highest BCUT2D eigenvalue weighted by molar-refractivity contribution is 5.99. The Labute approximate surface area is 253 Å². The molecule has 3 N–H and O–H groups in total. The van der Waals surface area contributed by atoms with E-state index < -0.39 is 23.9 Å². The summed E-state index contributed by atoms with van der Waals surface area (Å²) in [6, 6.07) is 17.0. The molecule has 10 nitrogen and oxygen atoms in total. The number of benzene rings is 2. The molecule has 1 aliphatic heterocycles. The number of carboxylic acids is 1. The largest absolute Gasteiger partial charge is 0.490 e. The minimum Gasteiger partial charge on any atom is -0.475 e. The number of hydrogen-bond acceptors (Lipinski definition) is 7. The molecule has 2 aromatic carbocycles. The number of carbonyl (C=O) groups excluding carboxylic acids is 2. The number of fused-ring (bicyclic) bond motifs is 1. The number of nitrogens with one attached hydrogen (secondary N) is 2. The average Bonchev–Trinajstić information content (AvgIpc) is 3.47. The number of H-pyrrole nitrogens is 1. The third kappa shape index (κ3) is 8.10. The van der Waals surface area contributed by atoms with E-state index in [1.165, 1.54) is 13.2 Å². The van der Waals surface area contributed by atoms with Gasteiger partial charge in [-0.3, -0.25) is 9.78 Å². The highest BCUT2D eigenvalue weighted by Gasteiger charge is 2.38. The molecule has 0 aliphatic carbocycles. The minimum absolute atomic E-state index is 0.100. The van der Waals surface area contributed by atoms with Crippen LogP contribution in [0.1, 0.15) is 44.5 Å². The van der Waals surface area contributed by atoms with Crippen LogP contribution in [-0.4, -0.2) is 58.5 Å². The molecule has 45 heavy (non-hydrogen) atoms. The lowest BCUT2D eigenvalue weighted by Crippen LogP contribution is -2.31. The molecule has 0 bridgehead atoms. The van der Waals surface area contributed by atoms with Crippen molar-refractivity contribution in [2.45, 2.75) is 26.1 Å². The number of aliphatic carboxylic acids is 1. The lowest BCUT2D eigenvalue weighted by Gasteiger charge is -2.11. The van der Waals surface area contributed by atoms with E-state index in [2.05, 4.69) is 20.4 Å². The monoisotopic (exact) mass is 626 g/mol. The Hall–Kier alpha value is -5.53. The van der Waals surface area contributed by atoms with Crippen LogP contribution in [0.15, 0.2) is 72.0 Å². The van der Waals surface area contributed by atoms with E-state index in [0.717, 1.165) is 28.9 Å². The first kappa shape index (κ1) is 32.4. The number of hydrogen-bond donors (Lipinski definition) is 3. The second kappa shape index (κ2) is 13.8. The van der Waals surface area contributed by atoms with Gasteiger partial charge in [0.1, 0.15) is 12.4 Å². The number of carbonyl (C=O) groups is 3. The predicted molar refractivity (Wildman–Crippen MR) is 154 cm³/mol. The first-order valence-corrected chi connectivity index (χ1v) is 13.3. The van der Waals surface area contributed by atoms with E-state index in [-0.39, 0.29) is 12.5 Å². The van der Waals surface area contributed by atoms with Gasteiger partial charge in [0.25, 0.3) is 5.91 Å². The molecule has 0 saturated carbocycles. The van der Waals surface area contributed by atoms with Gasteiger partial charge in [-0.1, -0.05) is 23.4 Å². The highest BCUT2D eigenvalue weighted by Crippen LogP contribution is 2.29. The van der Waals surface area contributed by atoms with Gasteiger partial charge in [-0.05, 0) is 60.5 Å². The number of halogens is 4. The van der Waals surface area contributed by atoms with Gasteiger partial charge in [-0.15, -0.1) is 0 Å². The molecule has 0 saturated heterocycles. The lowest BCUT2D eigenvalue weighted by molar-refractivity contribution is -0.192. The van der Waals surface area contributed by atoms with Gasteiger partial charge in [0.2, 0.25) is 0 Å². The number of carboxylic acid groups (broad SMARTS) is 1. The summed E-state index contributed by atoms with van der Waals surface area (Å²) in [7, 11) is 1.33. The van der Waals surface area contributed by atoms with Crippen LogP contribution in [0.4, 0.5) is 17.6 Å². The number of aromatic nitrogens is 2. The Morgan fingerprint density at radius 2 is 1.71 bits per heavy atom. The van der Waals surface area contributed by atoms with Gasteiger partial charge in [-0.2, -0.15) is 13.2 Å². The SMILES string of the molecule is COC(=O)c1ccc(CO/N=C(\C)c2ccc(F)c(-c3cc(-c4cc5c([nH]4)CCNC5=O)ccn3)c2)cc1.O=C(O)C(F)(F)F. The number of methoxy groups -OCH3 is 1. The molecule has 1 aliphatic rings. The van der Waals surface area contributed by atoms with E-state index in [9.17, 15) is 27.2 Å². The van der Waals surface area contributed by atoms with Crippen molar-refractivity contribution in [3.8, 4) is 22.5 Å². The van der Waals surface area contributed by atoms with Gasteiger partial charge in [-0.25, -0.2) is 14.0 Å². The second-order valence-corrected chi connectivity index (χ2v) is 9.65. The first-order valence-electron chi connectivity index (χ1n) is 13.3. The summed E-state index contributed by atoms with van der Waals surface area (Å²) in [5, 5.41) is 14.1. The van der Waals surface area contributed by atoms with Gasteiger partial charge in [0, 0.05) is 41.7 Å². The van der Waals surface area contributed by atoms with Gasteiger partial charge < -0.3 is 25.0 Å². The molecule has 0 atom stereocenters. The fourth-order valence-electron chi connectivity index (χ4n) is 4.25. The standard InChI is InChI=1S/C29H25FN4O4.C2HF3O2/c1-17(34-38-16-18-3-5-19(6-4-18)29(36)37-2)20-7-8-24(30)22(13-20)27-14-21(9-11-31-27)26-15-23-25(33-26)10-12-32-28(23)35;3-2(4,5)1(6)7/h3-9,11,13-15,33H,10,12,16H2,1-2H3,(H,32,35);(H,6,7)/b34-17+;. The minimum atomic E-state index is -5.08. The van der Waals surface area contributed by atoms with Gasteiger partial charge in [0.15, 0.2) is 0 Å². The van der Waals surface area contributed by atoms with Crippen LogP contribution in [0.5, 0.6) is 0 Å². The maximum absolute atomic E-state index is 14.9. The number of pyridine rings is 1. The van der Waals surface area contributed by atoms with Crippen LogP contribution >= 0.6 is 0 Å². The Morgan fingerprint density at radius 3 is 2.36 bits per heavy atom. The van der Waals surface area contributed by atoms with Crippen LogP contribution in [-0.2, 0) is 27.4 Å². The van der Waals surface area contributed by atoms with Crippen molar-refractivity contribution in [2.24, 2.45) is 5.16 Å². The third-order valence-electron chi connectivity index (χ3n) is 6.59. The topological polar surface area (TPSA) is 143 Å². The number of amides is 1. The second-order valence-electron chi connectivity index (χ2n) is 9.65. The van der Waals surface area contributed by atoms with Crippen molar-refractivity contribution in [3.63, 3.8) is 0 Å². The number of ether oxygens (including phenoxy) is 1. The van der Waals surface area contributed by atoms with Crippen LogP contribution in [0.25, 0.3) is 22.5 Å². The smallest absolute Gasteiger partial charge is 0.475 e. The number of nitrogens with zero attached hydrogens (tertiary/aromatic N) is 2. The molecule has 0 radical (unpaired) electrons. The molecule has 4 aromatic rings. The molecule has 234 valence electrons. The van der Waals surface area contributed by atoms with Crippen molar-refractivity contribution < 1.29 is 46.6 Å². The molecule has 0 fully saturated rings. The van der Waals surface area contributed by atoms with Crippen LogP contribution in [0.2, 0.25) is 0 Å². The quantitative estimate of drug-likeness (QED) is 0.106. The highest BCUT2D eigenvalue weighted by atomic mass is 19.4. The van der Waals surface area contributed by atoms with Gasteiger partial charge >= 0.3 is 18.1 Å². The Morgan fingerprint density at radius 1 is 1.02 bits per heavy atom. The van der Waals surface area contributed by atoms with Crippen LogP contribution < -0.4 is 5.32 Å². The average molecular weight is 627 g/mol. The van der Waals surface area contributed by atoms with Crippen molar-refractivity contribution in [1.82, 2.24) is 15.3 Å². The van der Waals surface area contributed by atoms with E-state index in [0.29, 0.717) is 40.2 Å². The normalized spacial score (nSPS) is 12.8. The lowest BCUT2D eigenvalue weighted by atomic mass is 10.0. The Balaban J connectivity index is 0.000000591. The van der Waals surface area contributed by atoms with E-state index >= 15 is 0 Å². The van der Waals surface area contributed by atoms with E-state index in [4.69, 9.17) is 19.5 Å². The van der Waals surface area contributed by atoms with Crippen molar-refractivity contribution >= 4 is 23.6 Å². The van der Waals surface area contributed by atoms with Crippen molar-refractivity contribution in [1.29, 1.82) is 0 Å². The molecule has 2 aromatic heterocycles. The summed E-state index contributed by atoms with van der Waals surface area (Å²) in [6.45, 7) is 2.57. The zero-order chi connectivity index (χ0) is 32.7. The zero-order valence-corrected chi connectivity index (χ0v) is 23.9. The maximum atomic E-state index is 14.9. The fourth-order valence-corrected chi connectivity index (χ4v) is 4.25. The Kier molecular flexibility index (Phi) is 9.96. The molecule has 5 rings (SSSR count). The molecule has 14 heteroatoms. The number of esters is 1. The number of aromatic amines is 1. The first-order chi connectivity index (χ1) is 21.4.